The summed E-state index contributed by atoms with van der Waals surface area (Å²) in [5.41, 5.74) is 1.51. The minimum atomic E-state index is -4.48. The quantitative estimate of drug-likeness (QED) is 0.340. The first-order chi connectivity index (χ1) is 18.7. The summed E-state index contributed by atoms with van der Waals surface area (Å²) in [6, 6.07) is 13.7. The third-order valence-corrected chi connectivity index (χ3v) is 9.18. The Morgan fingerprint density at radius 2 is 1.77 bits per heavy atom. The molecule has 1 fully saturated rings. The molecule has 198 valence electrons. The van der Waals surface area contributed by atoms with Crippen molar-refractivity contribution in [2.45, 2.75) is 17.7 Å². The van der Waals surface area contributed by atoms with Crippen molar-refractivity contribution in [3.8, 4) is 5.69 Å². The van der Waals surface area contributed by atoms with Crippen molar-refractivity contribution in [3.05, 3.63) is 113 Å². The number of nitrogens with zero attached hydrogens (tertiary/aromatic N) is 4. The van der Waals surface area contributed by atoms with Crippen LogP contribution in [0.4, 0.5) is 13.2 Å². The van der Waals surface area contributed by atoms with Crippen LogP contribution in [-0.4, -0.2) is 46.4 Å². The number of carbonyl (C=O) groups excluding carboxylic acids is 1. The molecule has 7 nitrogen and oxygen atoms in total. The second-order valence-electron chi connectivity index (χ2n) is 9.56. The van der Waals surface area contributed by atoms with Crippen molar-refractivity contribution < 1.29 is 26.4 Å². The van der Waals surface area contributed by atoms with Crippen LogP contribution in [0.15, 0.2) is 83.5 Å². The molecule has 2 aliphatic rings. The number of pyridine rings is 1. The number of hydrogen-bond donors (Lipinski definition) is 0. The molecule has 0 radical (unpaired) electrons. The van der Waals surface area contributed by atoms with Gasteiger partial charge in [-0.1, -0.05) is 17.7 Å². The maximum atomic E-state index is 14.6. The second kappa shape index (κ2) is 9.28. The molecule has 0 bridgehead atoms. The van der Waals surface area contributed by atoms with Gasteiger partial charge >= 0.3 is 0 Å². The molecule has 0 N–H and O–H groups in total. The number of benzene rings is 2. The zero-order valence-electron chi connectivity index (χ0n) is 20.4. The maximum Gasteiger partial charge on any atom is 0.246 e. The smallest absolute Gasteiger partial charge is 0.246 e. The summed E-state index contributed by atoms with van der Waals surface area (Å²) in [6.45, 7) is -0.324. The minimum Gasteiger partial charge on any atom is -0.291 e. The van der Waals surface area contributed by atoms with Crippen LogP contribution in [0.2, 0.25) is 0 Å². The number of hydrogen-bond acceptors (Lipinski definition) is 5. The third kappa shape index (κ3) is 4.09. The number of carbonyl (C=O) groups is 1. The van der Waals surface area contributed by atoms with Gasteiger partial charge in [-0.25, -0.2) is 26.3 Å². The average Bonchev–Trinajstić information content (AvgIpc) is 3.35. The molecule has 0 spiro atoms. The number of aromatic nitrogens is 3. The van der Waals surface area contributed by atoms with Crippen LogP contribution < -0.4 is 0 Å². The van der Waals surface area contributed by atoms with Gasteiger partial charge in [-0.05, 0) is 73.0 Å². The van der Waals surface area contributed by atoms with Crippen LogP contribution in [0.5, 0.6) is 0 Å². The Kier molecular flexibility index (Phi) is 6.00. The highest BCUT2D eigenvalue weighted by Gasteiger charge is 2.51. The first kappa shape index (κ1) is 25.2. The van der Waals surface area contributed by atoms with E-state index in [0.717, 1.165) is 22.5 Å². The molecule has 2 aromatic carbocycles. The zero-order chi connectivity index (χ0) is 27.4. The number of fused-ring (bicyclic) bond motifs is 2. The zero-order valence-corrected chi connectivity index (χ0v) is 21.2. The number of piperidine rings is 1. The molecule has 1 aliphatic heterocycles. The van der Waals surface area contributed by atoms with Crippen molar-refractivity contribution in [1.29, 1.82) is 0 Å². The number of halogens is 3. The van der Waals surface area contributed by atoms with Gasteiger partial charge in [0.1, 0.15) is 16.4 Å². The number of sulfonamides is 1. The van der Waals surface area contributed by atoms with Gasteiger partial charge < -0.3 is 0 Å². The van der Waals surface area contributed by atoms with Gasteiger partial charge in [-0.3, -0.25) is 9.78 Å². The Morgan fingerprint density at radius 3 is 2.51 bits per heavy atom. The fourth-order valence-electron chi connectivity index (χ4n) is 5.37. The minimum absolute atomic E-state index is 0.0403. The molecule has 1 atom stereocenters. The summed E-state index contributed by atoms with van der Waals surface area (Å²) in [6.07, 6.45) is 5.18. The van der Waals surface area contributed by atoms with E-state index in [4.69, 9.17) is 0 Å². The molecule has 0 saturated carbocycles. The van der Waals surface area contributed by atoms with E-state index in [0.29, 0.717) is 22.5 Å². The fourth-order valence-corrected chi connectivity index (χ4v) is 6.95. The lowest BCUT2D eigenvalue weighted by Gasteiger charge is -2.44. The van der Waals surface area contributed by atoms with E-state index in [1.807, 2.05) is 6.08 Å². The van der Waals surface area contributed by atoms with Crippen molar-refractivity contribution in [1.82, 2.24) is 19.1 Å². The van der Waals surface area contributed by atoms with Gasteiger partial charge in [0.05, 0.1) is 23.0 Å². The molecular weight excluding hydrogens is 529 g/mol. The van der Waals surface area contributed by atoms with E-state index in [-0.39, 0.29) is 43.2 Å². The van der Waals surface area contributed by atoms with Crippen LogP contribution in [-0.2, 0) is 16.4 Å². The molecule has 11 heteroatoms. The predicted molar refractivity (Wildman–Crippen MR) is 136 cm³/mol. The summed E-state index contributed by atoms with van der Waals surface area (Å²) >= 11 is 0. The highest BCUT2D eigenvalue weighted by Crippen LogP contribution is 2.47. The van der Waals surface area contributed by atoms with Crippen LogP contribution in [0, 0.1) is 22.9 Å². The molecule has 1 aliphatic carbocycles. The Labute approximate surface area is 222 Å². The summed E-state index contributed by atoms with van der Waals surface area (Å²) in [4.78, 5) is 17.5. The normalized spacial score (nSPS) is 19.2. The highest BCUT2D eigenvalue weighted by molar-refractivity contribution is 7.89. The van der Waals surface area contributed by atoms with E-state index in [1.165, 1.54) is 18.3 Å². The van der Waals surface area contributed by atoms with Crippen molar-refractivity contribution in [2.75, 3.05) is 13.1 Å². The van der Waals surface area contributed by atoms with Crippen molar-refractivity contribution >= 4 is 21.9 Å². The van der Waals surface area contributed by atoms with Gasteiger partial charge in [-0.2, -0.15) is 9.40 Å². The van der Waals surface area contributed by atoms with Crippen LogP contribution >= 0.6 is 0 Å². The lowest BCUT2D eigenvalue weighted by molar-refractivity contribution is 0.0770. The van der Waals surface area contributed by atoms with Crippen molar-refractivity contribution in [3.63, 3.8) is 0 Å². The first-order valence-corrected chi connectivity index (χ1v) is 13.6. The van der Waals surface area contributed by atoms with E-state index >= 15 is 0 Å². The van der Waals surface area contributed by atoms with E-state index in [9.17, 15) is 26.4 Å². The van der Waals surface area contributed by atoms with E-state index in [2.05, 4.69) is 10.1 Å². The molecule has 0 amide bonds. The highest BCUT2D eigenvalue weighted by atomic mass is 32.2. The Hall–Kier alpha value is -4.09. The maximum absolute atomic E-state index is 14.6. The average molecular weight is 551 g/mol. The molecular formula is C28H21F3N4O3S. The summed E-state index contributed by atoms with van der Waals surface area (Å²) in [5.74, 6) is -3.51. The van der Waals surface area contributed by atoms with Gasteiger partial charge in [0.25, 0.3) is 0 Å². The summed E-state index contributed by atoms with van der Waals surface area (Å²) < 4.78 is 71.8. The Morgan fingerprint density at radius 1 is 0.974 bits per heavy atom. The van der Waals surface area contributed by atoms with Crippen LogP contribution in [0.1, 0.15) is 28.2 Å². The number of rotatable bonds is 5. The topological polar surface area (TPSA) is 85.2 Å². The monoisotopic (exact) mass is 550 g/mol. The molecule has 4 aromatic rings. The molecule has 1 saturated heterocycles. The molecule has 2 aromatic heterocycles. The second-order valence-corrected chi connectivity index (χ2v) is 11.5. The van der Waals surface area contributed by atoms with Crippen LogP contribution in [0.3, 0.4) is 0 Å². The van der Waals surface area contributed by atoms with Crippen LogP contribution in [0.25, 0.3) is 11.8 Å². The predicted octanol–water partition coefficient (Wildman–Crippen LogP) is 4.59. The SMILES string of the molecule is O=C(c1ccccn1)C12Cc3cnn(-c4ccc(F)cc4)c3C=C1CCN(S(=O)(=O)c1cccc(F)c1F)C2. The van der Waals surface area contributed by atoms with Crippen molar-refractivity contribution in [2.24, 2.45) is 5.41 Å². The van der Waals surface area contributed by atoms with Gasteiger partial charge in [0, 0.05) is 19.3 Å². The molecule has 1 unspecified atom stereocenters. The third-order valence-electron chi connectivity index (χ3n) is 7.32. The molecule has 6 rings (SSSR count). The largest absolute Gasteiger partial charge is 0.291 e. The molecule has 39 heavy (non-hydrogen) atoms. The van der Waals surface area contributed by atoms with Gasteiger partial charge in [0.15, 0.2) is 17.4 Å². The summed E-state index contributed by atoms with van der Waals surface area (Å²) in [7, 11) is -4.48. The lowest BCUT2D eigenvalue weighted by atomic mass is 9.65. The van der Waals surface area contributed by atoms with Gasteiger partial charge in [0.2, 0.25) is 10.0 Å². The number of ketones is 1. The number of Topliss-reactive ketones (excluding diaryl/α,β-unsaturated/α-hetero) is 1. The van der Waals surface area contributed by atoms with E-state index in [1.54, 1.807) is 41.2 Å². The Balaban J connectivity index is 1.46. The summed E-state index contributed by atoms with van der Waals surface area (Å²) in [5, 5.41) is 4.46. The molecule has 3 heterocycles. The van der Waals surface area contributed by atoms with Gasteiger partial charge in [-0.15, -0.1) is 0 Å². The first-order valence-electron chi connectivity index (χ1n) is 12.1. The standard InChI is InChI=1S/C28H21F3N4O3S/c29-20-7-9-21(10-8-20)35-24-14-19-11-13-34(39(37,38)25-6-3-4-22(30)26(25)31)17-28(19,15-18(24)16-33-35)27(36)23-5-1-2-12-32-23/h1-10,12,14,16H,11,13,15,17H2. The lowest BCUT2D eigenvalue weighted by Crippen LogP contribution is -2.53. The van der Waals surface area contributed by atoms with E-state index < -0.39 is 32.0 Å². The fraction of sp³-hybridized carbons (Fsp3) is 0.179. The Bertz CT molecular complexity index is 1740.